The Kier molecular flexibility index (Phi) is 3.68. The Morgan fingerprint density at radius 1 is 1.26 bits per heavy atom. The lowest BCUT2D eigenvalue weighted by molar-refractivity contribution is 0.361. The fraction of sp³-hybridized carbons (Fsp3) is 0.600. The third-order valence-corrected chi connectivity index (χ3v) is 4.59. The molecule has 2 bridgehead atoms. The lowest BCUT2D eigenvalue weighted by atomic mass is 9.96. The molecular weight excluding hydrogens is 263 g/mol. The molecule has 1 aromatic rings. The van der Waals surface area contributed by atoms with Crippen molar-refractivity contribution >= 4 is 17.3 Å². The van der Waals surface area contributed by atoms with E-state index in [1.165, 1.54) is 18.9 Å². The predicted molar refractivity (Wildman–Crippen MR) is 77.4 cm³/mol. The van der Waals surface area contributed by atoms with Gasteiger partial charge in [-0.15, -0.1) is 0 Å². The van der Waals surface area contributed by atoms with E-state index in [1.54, 1.807) is 6.07 Å². The monoisotopic (exact) mass is 282 g/mol. The van der Waals surface area contributed by atoms with Crippen LogP contribution in [-0.2, 0) is 0 Å². The highest BCUT2D eigenvalue weighted by atomic mass is 35.5. The molecule has 0 saturated carbocycles. The molecule has 2 heterocycles. The van der Waals surface area contributed by atoms with E-state index in [-0.39, 0.29) is 5.82 Å². The molecule has 0 spiro atoms. The van der Waals surface area contributed by atoms with Crippen molar-refractivity contribution in [1.29, 1.82) is 0 Å². The number of hydrogen-bond acceptors (Lipinski definition) is 2. The molecule has 2 atom stereocenters. The molecule has 104 valence electrons. The van der Waals surface area contributed by atoms with Gasteiger partial charge in [-0.2, -0.15) is 0 Å². The number of anilines is 1. The van der Waals surface area contributed by atoms with Crippen molar-refractivity contribution in [3.8, 4) is 0 Å². The number of nitrogens with one attached hydrogen (secondary N) is 1. The van der Waals surface area contributed by atoms with Crippen LogP contribution < -0.4 is 10.2 Å². The Morgan fingerprint density at radius 2 is 1.95 bits per heavy atom. The highest BCUT2D eigenvalue weighted by molar-refractivity contribution is 6.30. The van der Waals surface area contributed by atoms with E-state index in [4.69, 9.17) is 11.6 Å². The Bertz CT molecular complexity index is 431. The van der Waals surface area contributed by atoms with Gasteiger partial charge in [0, 0.05) is 28.8 Å². The molecule has 2 aliphatic rings. The highest BCUT2D eigenvalue weighted by Crippen LogP contribution is 2.40. The van der Waals surface area contributed by atoms with Crippen molar-refractivity contribution in [3.63, 3.8) is 0 Å². The van der Waals surface area contributed by atoms with E-state index in [0.29, 0.717) is 23.1 Å². The number of fused-ring (bicyclic) bond motifs is 2. The Balaban J connectivity index is 1.83. The predicted octanol–water partition coefficient (Wildman–Crippen LogP) is 3.59. The van der Waals surface area contributed by atoms with Crippen LogP contribution in [0.25, 0.3) is 0 Å². The summed E-state index contributed by atoms with van der Waals surface area (Å²) in [6, 6.07) is 6.55. The number of rotatable bonds is 3. The van der Waals surface area contributed by atoms with Crippen LogP contribution in [0.1, 0.15) is 32.6 Å². The fourth-order valence-corrected chi connectivity index (χ4v) is 3.96. The third kappa shape index (κ3) is 2.59. The first-order chi connectivity index (χ1) is 9.17. The van der Waals surface area contributed by atoms with Crippen molar-refractivity contribution in [2.24, 2.45) is 0 Å². The first-order valence-corrected chi connectivity index (χ1v) is 7.53. The standard InChI is InChI=1S/C15H20ClFN2/c1-2-18-12-8-13-3-4-14(9-12)19(13)15-6-10(16)5-11(17)7-15/h5-7,12-14,18H,2-4,8-9H2,1H3. The van der Waals surface area contributed by atoms with Crippen LogP contribution in [0.3, 0.4) is 0 Å². The van der Waals surface area contributed by atoms with Crippen LogP contribution >= 0.6 is 11.6 Å². The molecule has 2 saturated heterocycles. The molecule has 3 rings (SSSR count). The van der Waals surface area contributed by atoms with Gasteiger partial charge in [0.2, 0.25) is 0 Å². The maximum absolute atomic E-state index is 13.5. The van der Waals surface area contributed by atoms with E-state index in [1.807, 2.05) is 6.07 Å². The van der Waals surface area contributed by atoms with Crippen LogP contribution in [0, 0.1) is 5.82 Å². The first kappa shape index (κ1) is 13.2. The van der Waals surface area contributed by atoms with Gasteiger partial charge in [0.05, 0.1) is 0 Å². The van der Waals surface area contributed by atoms with Crippen LogP contribution in [0.15, 0.2) is 18.2 Å². The van der Waals surface area contributed by atoms with Gasteiger partial charge in [-0.25, -0.2) is 4.39 Å². The molecule has 0 aromatic heterocycles. The van der Waals surface area contributed by atoms with Crippen LogP contribution in [0.4, 0.5) is 10.1 Å². The second-order valence-electron chi connectivity index (χ2n) is 5.65. The summed E-state index contributed by atoms with van der Waals surface area (Å²) in [5.74, 6) is -0.240. The van der Waals surface area contributed by atoms with Gasteiger partial charge in [-0.05, 0) is 50.4 Å². The molecule has 1 N–H and O–H groups in total. The Morgan fingerprint density at radius 3 is 2.53 bits per heavy atom. The number of piperidine rings is 1. The first-order valence-electron chi connectivity index (χ1n) is 7.15. The molecule has 2 nitrogen and oxygen atoms in total. The summed E-state index contributed by atoms with van der Waals surface area (Å²) in [6.45, 7) is 3.18. The minimum absolute atomic E-state index is 0.240. The molecule has 2 aliphatic heterocycles. The summed E-state index contributed by atoms with van der Waals surface area (Å²) >= 11 is 5.98. The molecule has 4 heteroatoms. The smallest absolute Gasteiger partial charge is 0.126 e. The van der Waals surface area contributed by atoms with Crippen LogP contribution in [0.2, 0.25) is 5.02 Å². The van der Waals surface area contributed by atoms with E-state index in [2.05, 4.69) is 17.1 Å². The maximum Gasteiger partial charge on any atom is 0.126 e. The van der Waals surface area contributed by atoms with Crippen molar-refractivity contribution in [1.82, 2.24) is 5.32 Å². The van der Waals surface area contributed by atoms with Gasteiger partial charge in [0.25, 0.3) is 0 Å². The summed E-state index contributed by atoms with van der Waals surface area (Å²) in [4.78, 5) is 2.39. The second kappa shape index (κ2) is 5.29. The van der Waals surface area contributed by atoms with Crippen molar-refractivity contribution in [2.75, 3.05) is 11.4 Å². The summed E-state index contributed by atoms with van der Waals surface area (Å²) in [5, 5.41) is 4.04. The maximum atomic E-state index is 13.5. The second-order valence-corrected chi connectivity index (χ2v) is 6.08. The van der Waals surface area contributed by atoms with Gasteiger partial charge in [0.15, 0.2) is 0 Å². The average molecular weight is 283 g/mol. The van der Waals surface area contributed by atoms with Crippen LogP contribution in [0.5, 0.6) is 0 Å². The van der Waals surface area contributed by atoms with Gasteiger partial charge in [-0.1, -0.05) is 18.5 Å². The molecule has 0 amide bonds. The molecular formula is C15H20ClFN2. The van der Waals surface area contributed by atoms with Crippen molar-refractivity contribution in [3.05, 3.63) is 29.0 Å². The topological polar surface area (TPSA) is 15.3 Å². The Labute approximate surface area is 118 Å². The van der Waals surface area contributed by atoms with E-state index in [9.17, 15) is 4.39 Å². The number of hydrogen-bond donors (Lipinski definition) is 1. The van der Waals surface area contributed by atoms with Gasteiger partial charge in [-0.3, -0.25) is 0 Å². The summed E-state index contributed by atoms with van der Waals surface area (Å²) in [6.07, 6.45) is 4.72. The van der Waals surface area contributed by atoms with Crippen molar-refractivity contribution < 1.29 is 4.39 Å². The Hall–Kier alpha value is -0.800. The minimum Gasteiger partial charge on any atom is -0.365 e. The van der Waals surface area contributed by atoms with Crippen LogP contribution in [-0.4, -0.2) is 24.7 Å². The lowest BCUT2D eigenvalue weighted by Gasteiger charge is -2.41. The third-order valence-electron chi connectivity index (χ3n) is 4.37. The lowest BCUT2D eigenvalue weighted by Crippen LogP contribution is -2.49. The molecule has 1 aromatic carbocycles. The quantitative estimate of drug-likeness (QED) is 0.911. The van der Waals surface area contributed by atoms with Gasteiger partial charge in [0.1, 0.15) is 5.82 Å². The molecule has 19 heavy (non-hydrogen) atoms. The summed E-state index contributed by atoms with van der Waals surface area (Å²) in [7, 11) is 0. The normalized spacial score (nSPS) is 29.8. The summed E-state index contributed by atoms with van der Waals surface area (Å²) < 4.78 is 13.5. The zero-order chi connectivity index (χ0) is 13.4. The summed E-state index contributed by atoms with van der Waals surface area (Å²) in [5.41, 5.74) is 0.951. The fourth-order valence-electron chi connectivity index (χ4n) is 3.74. The number of halogens is 2. The number of nitrogens with zero attached hydrogens (tertiary/aromatic N) is 1. The SMILES string of the molecule is CCNC1CC2CCC(C1)N2c1cc(F)cc(Cl)c1. The average Bonchev–Trinajstić information content (AvgIpc) is 2.60. The van der Waals surface area contributed by atoms with Gasteiger partial charge < -0.3 is 10.2 Å². The van der Waals surface area contributed by atoms with E-state index >= 15 is 0 Å². The zero-order valence-corrected chi connectivity index (χ0v) is 12.0. The molecule has 0 aliphatic carbocycles. The van der Waals surface area contributed by atoms with E-state index < -0.39 is 0 Å². The van der Waals surface area contributed by atoms with E-state index in [0.717, 1.165) is 25.1 Å². The van der Waals surface area contributed by atoms with Crippen molar-refractivity contribution in [2.45, 2.75) is 50.7 Å². The highest BCUT2D eigenvalue weighted by Gasteiger charge is 2.40. The molecule has 2 fully saturated rings. The van der Waals surface area contributed by atoms with Gasteiger partial charge >= 0.3 is 0 Å². The molecule has 0 radical (unpaired) electrons. The minimum atomic E-state index is -0.240. The molecule has 2 unspecified atom stereocenters. The largest absolute Gasteiger partial charge is 0.365 e. The zero-order valence-electron chi connectivity index (χ0n) is 11.2. The number of benzene rings is 1.